The molecule has 6 atom stereocenters. The van der Waals surface area contributed by atoms with Crippen molar-refractivity contribution >= 4 is 47.3 Å². The van der Waals surface area contributed by atoms with Crippen LogP contribution in [0.5, 0.6) is 0 Å². The number of quaternary nitrogens is 1. The molecule has 1 fully saturated rings. The Morgan fingerprint density at radius 1 is 0.846 bits per heavy atom. The predicted molar refractivity (Wildman–Crippen MR) is 143 cm³/mol. The van der Waals surface area contributed by atoms with E-state index in [0.29, 0.717) is 0 Å². The van der Waals surface area contributed by atoms with Gasteiger partial charge in [-0.25, -0.2) is 0 Å². The van der Waals surface area contributed by atoms with E-state index >= 15 is 0 Å². The fourth-order valence-electron chi connectivity index (χ4n) is 3.67. The number of aliphatic hydroxyl groups excluding tert-OH is 1. The molecule has 1 heterocycles. The van der Waals surface area contributed by atoms with Gasteiger partial charge in [0.25, 0.3) is 5.91 Å². The van der Waals surface area contributed by atoms with Crippen LogP contribution in [0.1, 0.15) is 47.5 Å². The highest BCUT2D eigenvalue weighted by Crippen LogP contribution is 2.11. The van der Waals surface area contributed by atoms with Gasteiger partial charge in [-0.1, -0.05) is 27.7 Å². The summed E-state index contributed by atoms with van der Waals surface area (Å²) in [5, 5.41) is 31.5. The molecule has 1 aliphatic heterocycles. The molecule has 0 radical (unpaired) electrons. The number of thioether (sulfide) groups is 1. The number of amides is 5. The average molecular weight is 576 g/mol. The van der Waals surface area contributed by atoms with Crippen LogP contribution < -0.4 is 32.3 Å². The molecule has 14 nitrogen and oxygen atoms in total. The molecular formula is C24H43N6O8S+. The summed E-state index contributed by atoms with van der Waals surface area (Å²) in [6.45, 7) is 7.88. The van der Waals surface area contributed by atoms with E-state index in [0.717, 1.165) is 11.8 Å². The van der Waals surface area contributed by atoms with Crippen molar-refractivity contribution in [1.82, 2.24) is 26.6 Å². The molecule has 222 valence electrons. The number of hydrogen-bond acceptors (Lipinski definition) is 8. The van der Waals surface area contributed by atoms with Gasteiger partial charge in [-0.15, -0.1) is 0 Å². The van der Waals surface area contributed by atoms with Gasteiger partial charge in [0.2, 0.25) is 23.6 Å². The quantitative estimate of drug-likeness (QED) is 0.147. The van der Waals surface area contributed by atoms with E-state index in [1.807, 2.05) is 27.7 Å². The number of nitrogens with one attached hydrogen (secondary N) is 5. The topological polar surface area (TPSA) is 231 Å². The van der Waals surface area contributed by atoms with Crippen LogP contribution in [0, 0.1) is 11.8 Å². The van der Waals surface area contributed by atoms with E-state index < -0.39 is 78.4 Å². The molecule has 1 rings (SSSR count). The Bertz CT molecular complexity index is 902. The minimum atomic E-state index is -1.40. The number of carbonyl (C=O) groups is 6. The van der Waals surface area contributed by atoms with Crippen molar-refractivity contribution in [1.29, 1.82) is 0 Å². The number of carboxylic acid groups (broad SMARTS) is 1. The van der Waals surface area contributed by atoms with Crippen LogP contribution in [0.2, 0.25) is 0 Å². The first kappa shape index (κ1) is 34.1. The number of aliphatic hydroxyl groups is 1. The maximum Gasteiger partial charge on any atom is 0.325 e. The van der Waals surface area contributed by atoms with E-state index in [9.17, 15) is 33.9 Å². The summed E-state index contributed by atoms with van der Waals surface area (Å²) in [7, 11) is 0. The van der Waals surface area contributed by atoms with Crippen LogP contribution >= 0.6 is 11.8 Å². The molecule has 0 bridgehead atoms. The van der Waals surface area contributed by atoms with Gasteiger partial charge in [0.15, 0.2) is 6.04 Å². The second-order valence-corrected chi connectivity index (χ2v) is 11.6. The Hall–Kier alpha value is -2.91. The number of carboxylic acids is 1. The third kappa shape index (κ3) is 11.8. The van der Waals surface area contributed by atoms with Crippen molar-refractivity contribution < 1.29 is 44.7 Å². The molecule has 10 N–H and O–H groups in total. The van der Waals surface area contributed by atoms with Gasteiger partial charge in [0.05, 0.1) is 12.4 Å². The SMILES string of the molecule is CC(C)C[C@@H]1NC(=O)[C@H]([NH3+])CSC[C@@H](C(=O)N[C@@H](C)C(=O)O)NC(=O)[C@H](CC(C)C)NC(=O)[C@H](CO)NC1=O. The van der Waals surface area contributed by atoms with Gasteiger partial charge in [-0.05, 0) is 31.6 Å². The van der Waals surface area contributed by atoms with Crippen molar-refractivity contribution in [2.75, 3.05) is 18.1 Å². The van der Waals surface area contributed by atoms with Gasteiger partial charge < -0.3 is 42.5 Å². The number of hydrogen-bond donors (Lipinski definition) is 8. The smallest absolute Gasteiger partial charge is 0.325 e. The zero-order valence-electron chi connectivity index (χ0n) is 23.1. The molecule has 39 heavy (non-hydrogen) atoms. The Morgan fingerprint density at radius 3 is 1.79 bits per heavy atom. The lowest BCUT2D eigenvalue weighted by Gasteiger charge is -2.28. The highest BCUT2D eigenvalue weighted by atomic mass is 32.2. The van der Waals surface area contributed by atoms with Gasteiger partial charge in [0, 0.05) is 5.75 Å². The van der Waals surface area contributed by atoms with Gasteiger partial charge in [-0.2, -0.15) is 11.8 Å². The van der Waals surface area contributed by atoms with E-state index in [2.05, 4.69) is 32.3 Å². The summed E-state index contributed by atoms with van der Waals surface area (Å²) in [5.41, 5.74) is 3.83. The molecule has 0 aliphatic carbocycles. The molecule has 0 spiro atoms. The van der Waals surface area contributed by atoms with Crippen LogP contribution in [-0.2, 0) is 28.8 Å². The Labute approximate surface area is 232 Å². The first-order valence-corrected chi connectivity index (χ1v) is 14.1. The Morgan fingerprint density at radius 2 is 1.31 bits per heavy atom. The second kappa shape index (κ2) is 16.3. The maximum atomic E-state index is 13.2. The lowest BCUT2D eigenvalue weighted by molar-refractivity contribution is -0.396. The minimum Gasteiger partial charge on any atom is -0.480 e. The largest absolute Gasteiger partial charge is 0.480 e. The fraction of sp³-hybridized carbons (Fsp3) is 0.750. The summed E-state index contributed by atoms with van der Waals surface area (Å²) >= 11 is 1.14. The zero-order chi connectivity index (χ0) is 29.9. The van der Waals surface area contributed by atoms with E-state index in [4.69, 9.17) is 5.11 Å². The minimum absolute atomic E-state index is 0.0114. The van der Waals surface area contributed by atoms with Crippen LogP contribution in [0.3, 0.4) is 0 Å². The Kier molecular flexibility index (Phi) is 14.2. The fourth-order valence-corrected chi connectivity index (χ4v) is 4.71. The molecular weight excluding hydrogens is 532 g/mol. The Balaban J connectivity index is 3.36. The number of aliphatic carboxylic acids is 1. The summed E-state index contributed by atoms with van der Waals surface area (Å²) < 4.78 is 0. The third-order valence-electron chi connectivity index (χ3n) is 5.83. The number of rotatable bonds is 8. The molecule has 0 saturated carbocycles. The van der Waals surface area contributed by atoms with Crippen molar-refractivity contribution in [3.05, 3.63) is 0 Å². The molecule has 0 aromatic carbocycles. The van der Waals surface area contributed by atoms with Crippen LogP contribution in [0.25, 0.3) is 0 Å². The molecule has 15 heteroatoms. The highest BCUT2D eigenvalue weighted by Gasteiger charge is 2.34. The summed E-state index contributed by atoms with van der Waals surface area (Å²) in [6, 6.07) is -6.73. The summed E-state index contributed by atoms with van der Waals surface area (Å²) in [6.07, 6.45) is 0.448. The van der Waals surface area contributed by atoms with Crippen molar-refractivity contribution in [2.24, 2.45) is 11.8 Å². The van der Waals surface area contributed by atoms with Crippen LogP contribution in [0.15, 0.2) is 0 Å². The molecule has 0 unspecified atom stereocenters. The van der Waals surface area contributed by atoms with Gasteiger partial charge >= 0.3 is 5.97 Å². The van der Waals surface area contributed by atoms with Gasteiger partial charge in [-0.3, -0.25) is 28.8 Å². The molecule has 0 aromatic rings. The third-order valence-corrected chi connectivity index (χ3v) is 7.04. The van der Waals surface area contributed by atoms with Crippen LogP contribution in [0.4, 0.5) is 0 Å². The molecule has 0 aromatic heterocycles. The van der Waals surface area contributed by atoms with Crippen molar-refractivity contribution in [3.63, 3.8) is 0 Å². The average Bonchev–Trinajstić information content (AvgIpc) is 2.83. The monoisotopic (exact) mass is 575 g/mol. The predicted octanol–water partition coefficient (Wildman–Crippen LogP) is -3.04. The highest BCUT2D eigenvalue weighted by molar-refractivity contribution is 7.99. The standard InChI is InChI=1S/C24H42N6O8S/c1-11(2)6-15-20(33)29-17(8-31)22(35)28-16(7-12(3)4)21(34)30-18(23(36)26-13(5)24(37)38)10-39-9-14(25)19(32)27-15/h11-18,31H,6-10,25H2,1-5H3,(H,26,36)(H,27,32)(H,28,35)(H,29,33)(H,30,34)(H,37,38)/p+1/t13-,14+,15-,16-,17-,18-/m0/s1. The first-order valence-electron chi connectivity index (χ1n) is 12.9. The zero-order valence-corrected chi connectivity index (χ0v) is 23.9. The lowest BCUT2D eigenvalue weighted by atomic mass is 10.0. The van der Waals surface area contributed by atoms with E-state index in [1.54, 1.807) is 0 Å². The maximum absolute atomic E-state index is 13.2. The van der Waals surface area contributed by atoms with Crippen molar-refractivity contribution in [2.45, 2.75) is 83.7 Å². The van der Waals surface area contributed by atoms with Crippen molar-refractivity contribution in [3.8, 4) is 0 Å². The lowest BCUT2D eigenvalue weighted by Crippen LogP contribution is -2.70. The molecule has 1 aliphatic rings. The van der Waals surface area contributed by atoms with E-state index in [-0.39, 0.29) is 36.2 Å². The first-order chi connectivity index (χ1) is 18.2. The second-order valence-electron chi connectivity index (χ2n) is 10.5. The molecule has 1 saturated heterocycles. The number of carbonyl (C=O) groups excluding carboxylic acids is 5. The summed E-state index contributed by atoms with van der Waals surface area (Å²) in [4.78, 5) is 76.0. The molecule has 5 amide bonds. The van der Waals surface area contributed by atoms with Gasteiger partial charge in [0.1, 0.15) is 30.2 Å². The van der Waals surface area contributed by atoms with E-state index in [1.165, 1.54) is 6.92 Å². The van der Waals surface area contributed by atoms with Crippen LogP contribution in [-0.4, -0.2) is 100 Å². The normalized spacial score (nSPS) is 26.7. The summed E-state index contributed by atoms with van der Waals surface area (Å²) in [5.74, 6) is -4.63.